The molecular weight excluding hydrogens is 224 g/mol. The predicted octanol–water partition coefficient (Wildman–Crippen LogP) is 1.53. The zero-order chi connectivity index (χ0) is 8.72. The maximum Gasteiger partial charge on any atom is 0.248 e. The first kappa shape index (κ1) is 7.54. The first-order valence-electron chi connectivity index (χ1n) is 3.34. The molecule has 0 radical (unpaired) electrons. The highest BCUT2D eigenvalue weighted by Gasteiger charge is 2.10. The van der Waals surface area contributed by atoms with E-state index in [1.54, 1.807) is 12.1 Å². The second-order valence-corrected chi connectivity index (χ2v) is 3.37. The SMILES string of the molecule is Cc1cc2no[n+]([O-])c2cc1Br. The van der Waals surface area contributed by atoms with Gasteiger partial charge in [-0.2, -0.15) is 0 Å². The van der Waals surface area contributed by atoms with Crippen LogP contribution in [0.2, 0.25) is 0 Å². The standard InChI is InChI=1S/C7H5BrN2O2/c1-4-2-6-7(3-5(4)8)10(11)12-9-6/h2-3H,1H3. The molecule has 62 valence electrons. The summed E-state index contributed by atoms with van der Waals surface area (Å²) < 4.78 is 5.29. The number of aryl methyl sites for hydroxylation is 1. The van der Waals surface area contributed by atoms with Gasteiger partial charge in [0.1, 0.15) is 0 Å². The average molecular weight is 229 g/mol. The highest BCUT2D eigenvalue weighted by molar-refractivity contribution is 9.10. The Balaban J connectivity index is 2.87. The van der Waals surface area contributed by atoms with Crippen molar-refractivity contribution in [1.82, 2.24) is 5.16 Å². The molecule has 5 heteroatoms. The topological polar surface area (TPSA) is 53.0 Å². The van der Waals surface area contributed by atoms with Crippen LogP contribution < -0.4 is 4.90 Å². The zero-order valence-electron chi connectivity index (χ0n) is 6.24. The minimum atomic E-state index is 0.388. The van der Waals surface area contributed by atoms with Gasteiger partial charge in [0.2, 0.25) is 11.0 Å². The summed E-state index contributed by atoms with van der Waals surface area (Å²) in [6, 6.07) is 3.48. The van der Waals surface area contributed by atoms with Gasteiger partial charge in [0.05, 0.1) is 0 Å². The summed E-state index contributed by atoms with van der Waals surface area (Å²) in [5.74, 6) is 0. The van der Waals surface area contributed by atoms with Crippen molar-refractivity contribution in [1.29, 1.82) is 0 Å². The summed E-state index contributed by atoms with van der Waals surface area (Å²) >= 11 is 3.31. The second-order valence-electron chi connectivity index (χ2n) is 2.52. The molecule has 0 atom stereocenters. The molecule has 1 aromatic carbocycles. The molecule has 0 aliphatic carbocycles. The molecule has 0 spiro atoms. The zero-order valence-corrected chi connectivity index (χ0v) is 7.83. The van der Waals surface area contributed by atoms with Crippen LogP contribution in [0.1, 0.15) is 5.56 Å². The lowest BCUT2D eigenvalue weighted by atomic mass is 10.2. The van der Waals surface area contributed by atoms with Crippen molar-refractivity contribution in [2.75, 3.05) is 0 Å². The Labute approximate surface area is 76.4 Å². The molecule has 0 aliphatic heterocycles. The van der Waals surface area contributed by atoms with E-state index in [0.717, 1.165) is 10.0 Å². The smallest absolute Gasteiger partial charge is 0.248 e. The molecule has 0 aliphatic rings. The van der Waals surface area contributed by atoms with E-state index in [4.69, 9.17) is 0 Å². The fourth-order valence-electron chi connectivity index (χ4n) is 1.00. The van der Waals surface area contributed by atoms with E-state index >= 15 is 0 Å². The summed E-state index contributed by atoms with van der Waals surface area (Å²) in [4.78, 5) is 0.388. The van der Waals surface area contributed by atoms with Crippen LogP contribution >= 0.6 is 15.9 Å². The molecule has 0 saturated carbocycles. The van der Waals surface area contributed by atoms with E-state index in [9.17, 15) is 5.21 Å². The number of aromatic nitrogens is 2. The van der Waals surface area contributed by atoms with Crippen LogP contribution in [-0.4, -0.2) is 5.16 Å². The third-order valence-electron chi connectivity index (χ3n) is 1.67. The first-order chi connectivity index (χ1) is 5.68. The Morgan fingerprint density at radius 3 is 3.08 bits per heavy atom. The summed E-state index contributed by atoms with van der Waals surface area (Å²) in [7, 11) is 0. The molecule has 0 fully saturated rings. The van der Waals surface area contributed by atoms with Gasteiger partial charge in [-0.1, -0.05) is 15.9 Å². The maximum absolute atomic E-state index is 10.9. The molecule has 12 heavy (non-hydrogen) atoms. The summed E-state index contributed by atoms with van der Waals surface area (Å²) in [6.45, 7) is 1.92. The van der Waals surface area contributed by atoms with Gasteiger partial charge in [-0.3, -0.25) is 4.63 Å². The highest BCUT2D eigenvalue weighted by atomic mass is 79.9. The third-order valence-corrected chi connectivity index (χ3v) is 2.52. The fourth-order valence-corrected chi connectivity index (χ4v) is 1.33. The summed E-state index contributed by atoms with van der Waals surface area (Å²) in [5, 5.41) is 14.5. The average Bonchev–Trinajstić information content (AvgIpc) is 2.35. The van der Waals surface area contributed by atoms with E-state index in [1.165, 1.54) is 0 Å². The molecule has 1 heterocycles. The Morgan fingerprint density at radius 1 is 1.58 bits per heavy atom. The van der Waals surface area contributed by atoms with Crippen molar-refractivity contribution < 1.29 is 9.53 Å². The van der Waals surface area contributed by atoms with Gasteiger partial charge in [0, 0.05) is 21.8 Å². The van der Waals surface area contributed by atoms with Crippen molar-refractivity contribution in [3.05, 3.63) is 27.4 Å². The largest absolute Gasteiger partial charge is 0.359 e. The lowest BCUT2D eigenvalue weighted by molar-refractivity contribution is -0.782. The van der Waals surface area contributed by atoms with E-state index in [2.05, 4.69) is 25.7 Å². The van der Waals surface area contributed by atoms with E-state index < -0.39 is 0 Å². The van der Waals surface area contributed by atoms with Crippen molar-refractivity contribution in [2.45, 2.75) is 6.92 Å². The van der Waals surface area contributed by atoms with Crippen LogP contribution in [0.15, 0.2) is 21.2 Å². The number of halogens is 1. The van der Waals surface area contributed by atoms with E-state index in [0.29, 0.717) is 15.9 Å². The number of rotatable bonds is 0. The van der Waals surface area contributed by atoms with Gasteiger partial charge in [0.25, 0.3) is 0 Å². The van der Waals surface area contributed by atoms with Crippen molar-refractivity contribution in [3.8, 4) is 0 Å². The Kier molecular flexibility index (Phi) is 1.54. The van der Waals surface area contributed by atoms with Crippen LogP contribution in [0.4, 0.5) is 0 Å². The number of hydrogen-bond acceptors (Lipinski definition) is 3. The van der Waals surface area contributed by atoms with Crippen molar-refractivity contribution in [3.63, 3.8) is 0 Å². The molecule has 0 amide bonds. The molecule has 2 aromatic rings. The molecule has 0 unspecified atom stereocenters. The van der Waals surface area contributed by atoms with Crippen LogP contribution in [0.25, 0.3) is 11.0 Å². The van der Waals surface area contributed by atoms with Crippen molar-refractivity contribution in [2.24, 2.45) is 0 Å². The lowest BCUT2D eigenvalue weighted by Gasteiger charge is -1.93. The Morgan fingerprint density at radius 2 is 2.33 bits per heavy atom. The van der Waals surface area contributed by atoms with Gasteiger partial charge in [-0.05, 0) is 17.4 Å². The van der Waals surface area contributed by atoms with Crippen molar-refractivity contribution >= 4 is 27.0 Å². The van der Waals surface area contributed by atoms with E-state index in [1.807, 2.05) is 6.92 Å². The number of benzene rings is 1. The van der Waals surface area contributed by atoms with E-state index in [-0.39, 0.29) is 0 Å². The van der Waals surface area contributed by atoms with Gasteiger partial charge >= 0.3 is 0 Å². The quantitative estimate of drug-likeness (QED) is 0.643. The van der Waals surface area contributed by atoms with Gasteiger partial charge in [0.15, 0.2) is 0 Å². The second kappa shape index (κ2) is 2.45. The third kappa shape index (κ3) is 0.972. The normalized spacial score (nSPS) is 10.8. The van der Waals surface area contributed by atoms with Crippen LogP contribution in [0.3, 0.4) is 0 Å². The number of nitrogens with zero attached hydrogens (tertiary/aromatic N) is 2. The minimum Gasteiger partial charge on any atom is -0.359 e. The van der Waals surface area contributed by atoms with Gasteiger partial charge in [-0.15, -0.1) is 0 Å². The highest BCUT2D eigenvalue weighted by Crippen LogP contribution is 2.20. The molecular formula is C7H5BrN2O2. The lowest BCUT2D eigenvalue weighted by Crippen LogP contribution is -2.22. The van der Waals surface area contributed by atoms with Gasteiger partial charge < -0.3 is 5.21 Å². The molecule has 0 bridgehead atoms. The molecule has 2 rings (SSSR count). The number of fused-ring (bicyclic) bond motifs is 1. The van der Waals surface area contributed by atoms with Gasteiger partial charge in [-0.25, -0.2) is 0 Å². The van der Waals surface area contributed by atoms with Crippen LogP contribution in [-0.2, 0) is 0 Å². The molecule has 4 nitrogen and oxygen atoms in total. The summed E-state index contributed by atoms with van der Waals surface area (Å²) in [5.41, 5.74) is 2.04. The monoisotopic (exact) mass is 228 g/mol. The molecule has 0 N–H and O–H groups in total. The van der Waals surface area contributed by atoms with Crippen LogP contribution in [0, 0.1) is 12.1 Å². The molecule has 1 aromatic heterocycles. The van der Waals surface area contributed by atoms with Crippen LogP contribution in [0.5, 0.6) is 0 Å². The predicted molar refractivity (Wildman–Crippen MR) is 45.4 cm³/mol. The summed E-state index contributed by atoms with van der Waals surface area (Å²) in [6.07, 6.45) is 0. The Bertz CT molecular complexity index is 438. The maximum atomic E-state index is 10.9. The Hall–Kier alpha value is -1.10. The first-order valence-corrected chi connectivity index (χ1v) is 4.13. The fraction of sp³-hybridized carbons (Fsp3) is 0.143. The molecule has 0 saturated heterocycles. The minimum absolute atomic E-state index is 0.388. The number of hydrogen-bond donors (Lipinski definition) is 0.